The van der Waals surface area contributed by atoms with Crippen molar-refractivity contribution in [1.29, 1.82) is 0 Å². The van der Waals surface area contributed by atoms with Gasteiger partial charge in [-0.1, -0.05) is 54.6 Å². The van der Waals surface area contributed by atoms with E-state index in [0.29, 0.717) is 13.0 Å². The highest BCUT2D eigenvalue weighted by molar-refractivity contribution is 5.96. The Bertz CT molecular complexity index is 575. The normalized spacial score (nSPS) is 17.8. The van der Waals surface area contributed by atoms with Crippen LogP contribution in [0, 0.1) is 0 Å². The van der Waals surface area contributed by atoms with Crippen LogP contribution in [0.4, 0.5) is 0 Å². The van der Waals surface area contributed by atoms with Crippen molar-refractivity contribution in [3.05, 3.63) is 71.3 Å². The standard InChI is InChI=1S/C17H16O2/c18-17(13-6-2-1-3-7-13)11-16-10-14-8-4-5-9-15(14)12-19-16/h1-9,16H,10-12H2/t16-/m0/s1. The van der Waals surface area contributed by atoms with Gasteiger partial charge in [0.2, 0.25) is 0 Å². The average molecular weight is 252 g/mol. The molecule has 96 valence electrons. The van der Waals surface area contributed by atoms with Crippen LogP contribution < -0.4 is 0 Å². The van der Waals surface area contributed by atoms with Crippen molar-refractivity contribution in [1.82, 2.24) is 0 Å². The van der Waals surface area contributed by atoms with Gasteiger partial charge in [-0.2, -0.15) is 0 Å². The second kappa shape index (κ2) is 5.37. The lowest BCUT2D eigenvalue weighted by Crippen LogP contribution is -2.25. The summed E-state index contributed by atoms with van der Waals surface area (Å²) in [6.45, 7) is 0.614. The van der Waals surface area contributed by atoms with E-state index in [1.807, 2.05) is 42.5 Å². The highest BCUT2D eigenvalue weighted by Crippen LogP contribution is 2.22. The first-order valence-electron chi connectivity index (χ1n) is 6.59. The van der Waals surface area contributed by atoms with Crippen molar-refractivity contribution in [2.24, 2.45) is 0 Å². The van der Waals surface area contributed by atoms with Gasteiger partial charge in [0.05, 0.1) is 12.7 Å². The first-order valence-corrected chi connectivity index (χ1v) is 6.59. The molecule has 19 heavy (non-hydrogen) atoms. The number of hydrogen-bond donors (Lipinski definition) is 0. The van der Waals surface area contributed by atoms with Gasteiger partial charge in [-0.15, -0.1) is 0 Å². The van der Waals surface area contributed by atoms with E-state index in [2.05, 4.69) is 12.1 Å². The fourth-order valence-corrected chi connectivity index (χ4v) is 2.49. The number of Topliss-reactive ketones (excluding diaryl/α,β-unsaturated/α-hetero) is 1. The fourth-order valence-electron chi connectivity index (χ4n) is 2.49. The molecule has 0 aromatic heterocycles. The summed E-state index contributed by atoms with van der Waals surface area (Å²) in [4.78, 5) is 12.1. The summed E-state index contributed by atoms with van der Waals surface area (Å²) in [7, 11) is 0. The molecule has 2 heteroatoms. The van der Waals surface area contributed by atoms with Gasteiger partial charge in [-0.3, -0.25) is 4.79 Å². The van der Waals surface area contributed by atoms with E-state index in [9.17, 15) is 4.79 Å². The maximum Gasteiger partial charge on any atom is 0.165 e. The zero-order valence-electron chi connectivity index (χ0n) is 10.7. The number of fused-ring (bicyclic) bond motifs is 1. The number of rotatable bonds is 3. The molecule has 2 nitrogen and oxygen atoms in total. The molecule has 1 aliphatic rings. The monoisotopic (exact) mass is 252 g/mol. The molecular formula is C17H16O2. The van der Waals surface area contributed by atoms with Crippen molar-refractivity contribution in [3.63, 3.8) is 0 Å². The maximum absolute atomic E-state index is 12.1. The zero-order chi connectivity index (χ0) is 13.1. The number of carbonyl (C=O) groups is 1. The number of ether oxygens (including phenoxy) is 1. The van der Waals surface area contributed by atoms with Crippen LogP contribution in [0.5, 0.6) is 0 Å². The molecule has 3 rings (SSSR count). The van der Waals surface area contributed by atoms with Crippen LogP contribution in [-0.2, 0) is 17.8 Å². The van der Waals surface area contributed by atoms with E-state index < -0.39 is 0 Å². The first kappa shape index (κ1) is 12.1. The van der Waals surface area contributed by atoms with Crippen LogP contribution in [0.25, 0.3) is 0 Å². The molecule has 0 bridgehead atoms. The molecule has 2 aromatic rings. The van der Waals surface area contributed by atoms with Gasteiger partial charge in [-0.25, -0.2) is 0 Å². The van der Waals surface area contributed by atoms with Crippen molar-refractivity contribution in [2.75, 3.05) is 0 Å². The van der Waals surface area contributed by atoms with Crippen LogP contribution in [0.3, 0.4) is 0 Å². The van der Waals surface area contributed by atoms with Crippen molar-refractivity contribution in [3.8, 4) is 0 Å². The van der Waals surface area contributed by atoms with Crippen LogP contribution in [0.15, 0.2) is 54.6 Å². The Morgan fingerprint density at radius 1 is 1.00 bits per heavy atom. The Morgan fingerprint density at radius 3 is 2.47 bits per heavy atom. The van der Waals surface area contributed by atoms with Crippen molar-refractivity contribution < 1.29 is 9.53 Å². The first-order chi connectivity index (χ1) is 9.33. The van der Waals surface area contributed by atoms with Crippen molar-refractivity contribution in [2.45, 2.75) is 25.6 Å². The van der Waals surface area contributed by atoms with Gasteiger partial charge < -0.3 is 4.74 Å². The van der Waals surface area contributed by atoms with Crippen LogP contribution in [0.2, 0.25) is 0 Å². The molecule has 1 aliphatic heterocycles. The van der Waals surface area contributed by atoms with Crippen LogP contribution >= 0.6 is 0 Å². The van der Waals surface area contributed by atoms with E-state index in [-0.39, 0.29) is 11.9 Å². The van der Waals surface area contributed by atoms with E-state index in [0.717, 1.165) is 12.0 Å². The minimum absolute atomic E-state index is 0.00241. The third-order valence-electron chi connectivity index (χ3n) is 3.55. The smallest absolute Gasteiger partial charge is 0.165 e. The van der Waals surface area contributed by atoms with E-state index >= 15 is 0 Å². The lowest BCUT2D eigenvalue weighted by Gasteiger charge is -2.24. The summed E-state index contributed by atoms with van der Waals surface area (Å²) >= 11 is 0. The molecule has 0 spiro atoms. The van der Waals surface area contributed by atoms with E-state index in [1.54, 1.807) is 0 Å². The minimum Gasteiger partial charge on any atom is -0.373 e. The third-order valence-corrected chi connectivity index (χ3v) is 3.55. The predicted octanol–water partition coefficient (Wildman–Crippen LogP) is 3.40. The summed E-state index contributed by atoms with van der Waals surface area (Å²) in [5.74, 6) is 0.157. The third kappa shape index (κ3) is 2.74. The number of benzene rings is 2. The Balaban J connectivity index is 1.68. The van der Waals surface area contributed by atoms with Gasteiger partial charge in [0.15, 0.2) is 5.78 Å². The summed E-state index contributed by atoms with van der Waals surface area (Å²) in [5, 5.41) is 0. The number of hydrogen-bond acceptors (Lipinski definition) is 2. The molecule has 0 fully saturated rings. The molecule has 0 radical (unpaired) electrons. The Morgan fingerprint density at radius 2 is 1.68 bits per heavy atom. The van der Waals surface area contributed by atoms with Crippen LogP contribution in [-0.4, -0.2) is 11.9 Å². The largest absolute Gasteiger partial charge is 0.373 e. The Hall–Kier alpha value is -1.93. The SMILES string of the molecule is O=C(C[C@@H]1Cc2ccccc2CO1)c1ccccc1. The highest BCUT2D eigenvalue weighted by Gasteiger charge is 2.21. The molecule has 0 saturated carbocycles. The summed E-state index contributed by atoms with van der Waals surface area (Å²) in [6, 6.07) is 17.7. The molecule has 0 N–H and O–H groups in total. The Labute approximate surface area is 113 Å². The topological polar surface area (TPSA) is 26.3 Å². The second-order valence-electron chi connectivity index (χ2n) is 4.90. The highest BCUT2D eigenvalue weighted by atomic mass is 16.5. The fraction of sp³-hybridized carbons (Fsp3) is 0.235. The van der Waals surface area contributed by atoms with Gasteiger partial charge in [-0.05, 0) is 17.5 Å². The van der Waals surface area contributed by atoms with Gasteiger partial charge in [0, 0.05) is 12.0 Å². The molecule has 1 atom stereocenters. The van der Waals surface area contributed by atoms with Gasteiger partial charge in [0.1, 0.15) is 0 Å². The zero-order valence-corrected chi connectivity index (χ0v) is 10.7. The van der Waals surface area contributed by atoms with Gasteiger partial charge in [0.25, 0.3) is 0 Å². The number of carbonyl (C=O) groups excluding carboxylic acids is 1. The van der Waals surface area contributed by atoms with Crippen LogP contribution in [0.1, 0.15) is 27.9 Å². The summed E-state index contributed by atoms with van der Waals surface area (Å²) in [5.41, 5.74) is 3.32. The molecule has 2 aromatic carbocycles. The van der Waals surface area contributed by atoms with Gasteiger partial charge >= 0.3 is 0 Å². The molecule has 0 unspecified atom stereocenters. The predicted molar refractivity (Wildman–Crippen MR) is 74.1 cm³/mol. The lowest BCUT2D eigenvalue weighted by molar-refractivity contribution is 0.0237. The van der Waals surface area contributed by atoms with E-state index in [1.165, 1.54) is 11.1 Å². The average Bonchev–Trinajstić information content (AvgIpc) is 2.48. The Kier molecular flexibility index (Phi) is 3.43. The summed E-state index contributed by atoms with van der Waals surface area (Å²) in [6.07, 6.45) is 1.29. The molecule has 0 saturated heterocycles. The number of ketones is 1. The maximum atomic E-state index is 12.1. The molecule has 0 amide bonds. The minimum atomic E-state index is 0.00241. The van der Waals surface area contributed by atoms with E-state index in [4.69, 9.17) is 4.74 Å². The van der Waals surface area contributed by atoms with Crippen molar-refractivity contribution >= 4 is 5.78 Å². The quantitative estimate of drug-likeness (QED) is 0.783. The summed E-state index contributed by atoms with van der Waals surface area (Å²) < 4.78 is 5.78. The molecule has 1 heterocycles. The molecular weight excluding hydrogens is 236 g/mol. The lowest BCUT2D eigenvalue weighted by atomic mass is 9.95. The molecule has 0 aliphatic carbocycles. The second-order valence-corrected chi connectivity index (χ2v) is 4.90.